The lowest BCUT2D eigenvalue weighted by Crippen LogP contribution is -2.17. The lowest BCUT2D eigenvalue weighted by molar-refractivity contribution is 0.408. The lowest BCUT2D eigenvalue weighted by Gasteiger charge is -2.12. The summed E-state index contributed by atoms with van der Waals surface area (Å²) >= 11 is 0. The van der Waals surface area contributed by atoms with Crippen molar-refractivity contribution in [1.29, 1.82) is 0 Å². The summed E-state index contributed by atoms with van der Waals surface area (Å²) in [7, 11) is 0. The van der Waals surface area contributed by atoms with E-state index in [9.17, 15) is 0 Å². The van der Waals surface area contributed by atoms with Crippen molar-refractivity contribution in [3.63, 3.8) is 0 Å². The Morgan fingerprint density at radius 2 is 1.91 bits per heavy atom. The number of aromatic nitrogens is 2. The van der Waals surface area contributed by atoms with Crippen LogP contribution in [0.5, 0.6) is 0 Å². The molecular weight excluding hydrogens is 286 g/mol. The van der Waals surface area contributed by atoms with E-state index in [4.69, 9.17) is 4.42 Å². The van der Waals surface area contributed by atoms with Gasteiger partial charge >= 0.3 is 0 Å². The molecule has 0 saturated carbocycles. The van der Waals surface area contributed by atoms with Gasteiger partial charge in [-0.1, -0.05) is 31.2 Å². The SMILES string of the molecule is CCc1ccc([C@H](C)NCc2ccc(Cn3ccnc3)cc2)o1. The van der Waals surface area contributed by atoms with Gasteiger partial charge in [0.25, 0.3) is 0 Å². The molecule has 0 bridgehead atoms. The smallest absolute Gasteiger partial charge is 0.120 e. The molecule has 4 nitrogen and oxygen atoms in total. The molecule has 3 aromatic rings. The average Bonchev–Trinajstić information content (AvgIpc) is 3.25. The molecule has 120 valence electrons. The van der Waals surface area contributed by atoms with Gasteiger partial charge in [-0.15, -0.1) is 0 Å². The normalized spacial score (nSPS) is 12.4. The van der Waals surface area contributed by atoms with Crippen molar-refractivity contribution in [1.82, 2.24) is 14.9 Å². The first-order valence-corrected chi connectivity index (χ1v) is 8.10. The summed E-state index contributed by atoms with van der Waals surface area (Å²) in [6.07, 6.45) is 6.56. The van der Waals surface area contributed by atoms with E-state index in [1.807, 2.05) is 12.5 Å². The minimum atomic E-state index is 0.209. The summed E-state index contributed by atoms with van der Waals surface area (Å²) in [5, 5.41) is 3.51. The van der Waals surface area contributed by atoms with Crippen LogP contribution < -0.4 is 5.32 Å². The fraction of sp³-hybridized carbons (Fsp3) is 0.316. The third kappa shape index (κ3) is 4.11. The molecule has 0 fully saturated rings. The Morgan fingerprint density at radius 1 is 1.13 bits per heavy atom. The van der Waals surface area contributed by atoms with E-state index >= 15 is 0 Å². The molecule has 4 heteroatoms. The summed E-state index contributed by atoms with van der Waals surface area (Å²) in [5.74, 6) is 2.04. The fourth-order valence-corrected chi connectivity index (χ4v) is 2.54. The highest BCUT2D eigenvalue weighted by molar-refractivity contribution is 5.23. The third-order valence-corrected chi connectivity index (χ3v) is 4.02. The number of furan rings is 1. The third-order valence-electron chi connectivity index (χ3n) is 4.02. The molecule has 0 spiro atoms. The number of nitrogens with one attached hydrogen (secondary N) is 1. The topological polar surface area (TPSA) is 43.0 Å². The number of hydrogen-bond donors (Lipinski definition) is 1. The summed E-state index contributed by atoms with van der Waals surface area (Å²) in [6, 6.07) is 13.0. The maximum absolute atomic E-state index is 5.79. The van der Waals surface area contributed by atoms with Crippen LogP contribution in [0, 0.1) is 0 Å². The van der Waals surface area contributed by atoms with Crippen molar-refractivity contribution in [3.8, 4) is 0 Å². The molecule has 0 saturated heterocycles. The molecule has 0 aliphatic carbocycles. The van der Waals surface area contributed by atoms with E-state index in [1.165, 1.54) is 11.1 Å². The van der Waals surface area contributed by atoms with E-state index in [1.54, 1.807) is 6.20 Å². The molecule has 1 aromatic carbocycles. The van der Waals surface area contributed by atoms with Crippen LogP contribution in [0.25, 0.3) is 0 Å². The van der Waals surface area contributed by atoms with Crippen LogP contribution in [0.15, 0.2) is 59.5 Å². The summed E-state index contributed by atoms with van der Waals surface area (Å²) in [5.41, 5.74) is 2.55. The second kappa shape index (κ2) is 7.29. The molecule has 2 aromatic heterocycles. The zero-order valence-corrected chi connectivity index (χ0v) is 13.7. The van der Waals surface area contributed by atoms with Gasteiger partial charge in [0, 0.05) is 31.9 Å². The van der Waals surface area contributed by atoms with Gasteiger partial charge in [-0.25, -0.2) is 4.98 Å². The Morgan fingerprint density at radius 3 is 2.57 bits per heavy atom. The highest BCUT2D eigenvalue weighted by Gasteiger charge is 2.09. The van der Waals surface area contributed by atoms with E-state index in [2.05, 4.69) is 65.1 Å². The Bertz CT molecular complexity index is 713. The quantitative estimate of drug-likeness (QED) is 0.719. The largest absolute Gasteiger partial charge is 0.464 e. The summed E-state index contributed by atoms with van der Waals surface area (Å²) < 4.78 is 7.86. The number of hydrogen-bond acceptors (Lipinski definition) is 3. The van der Waals surface area contributed by atoms with Gasteiger partial charge in [-0.3, -0.25) is 0 Å². The predicted molar refractivity (Wildman–Crippen MR) is 91.1 cm³/mol. The van der Waals surface area contributed by atoms with Crippen LogP contribution in [-0.2, 0) is 19.5 Å². The molecule has 0 aliphatic rings. The first kappa shape index (κ1) is 15.6. The minimum Gasteiger partial charge on any atom is -0.464 e. The number of benzene rings is 1. The predicted octanol–water partition coefficient (Wildman–Crippen LogP) is 3.94. The standard InChI is InChI=1S/C19H23N3O/c1-3-18-8-9-19(23-18)15(2)21-12-16-4-6-17(7-5-16)13-22-11-10-20-14-22/h4-11,14-15,21H,3,12-13H2,1-2H3/t15-/m0/s1. The Hall–Kier alpha value is -2.33. The molecule has 0 aliphatic heterocycles. The molecular formula is C19H23N3O. The average molecular weight is 309 g/mol. The molecule has 0 unspecified atom stereocenters. The Balaban J connectivity index is 1.53. The maximum Gasteiger partial charge on any atom is 0.120 e. The van der Waals surface area contributed by atoms with Crippen LogP contribution in [0.1, 0.15) is 42.5 Å². The molecule has 2 heterocycles. The highest BCUT2D eigenvalue weighted by Crippen LogP contribution is 2.17. The molecule has 1 N–H and O–H groups in total. The summed E-state index contributed by atoms with van der Waals surface area (Å²) in [4.78, 5) is 4.07. The summed E-state index contributed by atoms with van der Waals surface area (Å²) in [6.45, 7) is 5.92. The first-order valence-electron chi connectivity index (χ1n) is 8.10. The van der Waals surface area contributed by atoms with Gasteiger partial charge in [-0.05, 0) is 30.2 Å². The van der Waals surface area contributed by atoms with Crippen LogP contribution in [-0.4, -0.2) is 9.55 Å². The second-order valence-corrected chi connectivity index (χ2v) is 5.81. The number of rotatable bonds is 7. The molecule has 0 amide bonds. The molecule has 0 radical (unpaired) electrons. The van der Waals surface area contributed by atoms with Crippen LogP contribution in [0.2, 0.25) is 0 Å². The van der Waals surface area contributed by atoms with Crippen LogP contribution >= 0.6 is 0 Å². The zero-order valence-electron chi connectivity index (χ0n) is 13.7. The van der Waals surface area contributed by atoms with Gasteiger partial charge in [0.05, 0.1) is 12.4 Å². The number of aryl methyl sites for hydroxylation is 1. The van der Waals surface area contributed by atoms with Crippen molar-refractivity contribution in [3.05, 3.63) is 77.8 Å². The molecule has 23 heavy (non-hydrogen) atoms. The van der Waals surface area contributed by atoms with Gasteiger partial charge in [0.2, 0.25) is 0 Å². The highest BCUT2D eigenvalue weighted by atomic mass is 16.3. The Labute approximate surface area is 137 Å². The van der Waals surface area contributed by atoms with E-state index < -0.39 is 0 Å². The number of imidazole rings is 1. The van der Waals surface area contributed by atoms with Crippen molar-refractivity contribution in [2.75, 3.05) is 0 Å². The molecule has 1 atom stereocenters. The maximum atomic E-state index is 5.79. The molecule has 3 rings (SSSR count). The number of nitrogens with zero attached hydrogens (tertiary/aromatic N) is 2. The Kier molecular flexibility index (Phi) is 4.93. The fourth-order valence-electron chi connectivity index (χ4n) is 2.54. The van der Waals surface area contributed by atoms with Gasteiger partial charge in [0.15, 0.2) is 0 Å². The van der Waals surface area contributed by atoms with Crippen molar-refractivity contribution >= 4 is 0 Å². The van der Waals surface area contributed by atoms with E-state index in [0.717, 1.165) is 31.0 Å². The monoisotopic (exact) mass is 309 g/mol. The van der Waals surface area contributed by atoms with E-state index in [-0.39, 0.29) is 6.04 Å². The van der Waals surface area contributed by atoms with Crippen LogP contribution in [0.4, 0.5) is 0 Å². The van der Waals surface area contributed by atoms with Gasteiger partial charge in [-0.2, -0.15) is 0 Å². The zero-order chi connectivity index (χ0) is 16.1. The van der Waals surface area contributed by atoms with Gasteiger partial charge < -0.3 is 14.3 Å². The van der Waals surface area contributed by atoms with Gasteiger partial charge in [0.1, 0.15) is 11.5 Å². The van der Waals surface area contributed by atoms with Crippen LogP contribution in [0.3, 0.4) is 0 Å². The van der Waals surface area contributed by atoms with Crippen molar-refractivity contribution in [2.45, 2.75) is 39.4 Å². The second-order valence-electron chi connectivity index (χ2n) is 5.81. The van der Waals surface area contributed by atoms with Crippen molar-refractivity contribution in [2.24, 2.45) is 0 Å². The van der Waals surface area contributed by atoms with Crippen molar-refractivity contribution < 1.29 is 4.42 Å². The van der Waals surface area contributed by atoms with E-state index in [0.29, 0.717) is 0 Å². The first-order chi connectivity index (χ1) is 11.2. The lowest BCUT2D eigenvalue weighted by atomic mass is 10.1. The minimum absolute atomic E-state index is 0.209.